The highest BCUT2D eigenvalue weighted by molar-refractivity contribution is 5.76. The number of carboxylic acids is 1. The topological polar surface area (TPSA) is 57.5 Å². The van der Waals surface area contributed by atoms with Crippen molar-refractivity contribution >= 4 is 5.97 Å². The third kappa shape index (κ3) is 0.774. The molecule has 0 aromatic carbocycles. The number of hydrogen-bond acceptors (Lipinski definition) is 2. The second-order valence-electron chi connectivity index (χ2n) is 4.12. The summed E-state index contributed by atoms with van der Waals surface area (Å²) in [5.41, 5.74) is -0.763. The molecule has 0 radical (unpaired) electrons. The minimum absolute atomic E-state index is 0.177. The van der Waals surface area contributed by atoms with Crippen LogP contribution in [0.5, 0.6) is 0 Å². The third-order valence-corrected chi connectivity index (χ3v) is 3.70. The van der Waals surface area contributed by atoms with Gasteiger partial charge in [0.25, 0.3) is 0 Å². The van der Waals surface area contributed by atoms with E-state index < -0.39 is 11.4 Å². The molecular weight excluding hydrogens is 156 g/mol. The van der Waals surface area contributed by atoms with Gasteiger partial charge in [-0.2, -0.15) is 0 Å². The van der Waals surface area contributed by atoms with E-state index in [4.69, 9.17) is 10.2 Å². The van der Waals surface area contributed by atoms with Crippen molar-refractivity contribution < 1.29 is 15.0 Å². The number of aliphatic hydroxyl groups is 1. The molecule has 0 aromatic rings. The fraction of sp³-hybridized carbons (Fsp3) is 0.889. The lowest BCUT2D eigenvalue weighted by Gasteiger charge is -2.48. The lowest BCUT2D eigenvalue weighted by Crippen LogP contribution is -2.53. The molecule has 2 saturated carbocycles. The first-order valence-electron chi connectivity index (χ1n) is 4.55. The maximum atomic E-state index is 10.9. The second-order valence-corrected chi connectivity index (χ2v) is 4.12. The van der Waals surface area contributed by atoms with Crippen LogP contribution in [0.3, 0.4) is 0 Å². The Kier molecular flexibility index (Phi) is 1.65. The van der Waals surface area contributed by atoms with E-state index in [0.717, 1.165) is 12.8 Å². The fourth-order valence-corrected chi connectivity index (χ4v) is 2.96. The molecule has 0 aliphatic heterocycles. The van der Waals surface area contributed by atoms with Crippen molar-refractivity contribution in [3.8, 4) is 0 Å². The van der Waals surface area contributed by atoms with Crippen LogP contribution in [0.2, 0.25) is 0 Å². The number of rotatable bonds is 2. The standard InChI is InChI=1S/C9H14O3/c10-5-9(8(11)12)4-6-2-1-3-7(6)9/h6-7,10H,1-5H2,(H,11,12). The Bertz CT molecular complexity index is 214. The highest BCUT2D eigenvalue weighted by Crippen LogP contribution is 2.58. The van der Waals surface area contributed by atoms with Crippen LogP contribution in [-0.2, 0) is 4.79 Å². The lowest BCUT2D eigenvalue weighted by molar-refractivity contribution is -0.172. The molecule has 3 nitrogen and oxygen atoms in total. The van der Waals surface area contributed by atoms with Crippen LogP contribution < -0.4 is 0 Å². The van der Waals surface area contributed by atoms with Gasteiger partial charge in [-0.1, -0.05) is 12.8 Å². The van der Waals surface area contributed by atoms with Gasteiger partial charge in [-0.05, 0) is 24.7 Å². The van der Waals surface area contributed by atoms with Gasteiger partial charge in [-0.25, -0.2) is 0 Å². The summed E-state index contributed by atoms with van der Waals surface area (Å²) in [7, 11) is 0. The Morgan fingerprint density at radius 3 is 2.75 bits per heavy atom. The van der Waals surface area contributed by atoms with Crippen LogP contribution in [0, 0.1) is 17.3 Å². The molecule has 2 N–H and O–H groups in total. The van der Waals surface area contributed by atoms with Gasteiger partial charge in [0, 0.05) is 0 Å². The van der Waals surface area contributed by atoms with E-state index in [0.29, 0.717) is 12.3 Å². The summed E-state index contributed by atoms with van der Waals surface area (Å²) >= 11 is 0. The summed E-state index contributed by atoms with van der Waals surface area (Å²) in [5, 5.41) is 18.0. The Morgan fingerprint density at radius 2 is 2.25 bits per heavy atom. The number of hydrogen-bond donors (Lipinski definition) is 2. The quantitative estimate of drug-likeness (QED) is 0.646. The molecule has 3 unspecified atom stereocenters. The number of aliphatic hydroxyl groups excluding tert-OH is 1. The van der Waals surface area contributed by atoms with Crippen molar-refractivity contribution in [2.24, 2.45) is 17.3 Å². The maximum Gasteiger partial charge on any atom is 0.312 e. The Balaban J connectivity index is 2.16. The number of carboxylic acid groups (broad SMARTS) is 1. The molecule has 2 aliphatic carbocycles. The molecule has 3 atom stereocenters. The lowest BCUT2D eigenvalue weighted by atomic mass is 9.55. The van der Waals surface area contributed by atoms with Gasteiger partial charge < -0.3 is 10.2 Å². The van der Waals surface area contributed by atoms with Gasteiger partial charge in [0.15, 0.2) is 0 Å². The van der Waals surface area contributed by atoms with E-state index in [1.807, 2.05) is 0 Å². The molecule has 0 aromatic heterocycles. The zero-order valence-corrected chi connectivity index (χ0v) is 6.99. The van der Waals surface area contributed by atoms with Crippen molar-refractivity contribution in [2.45, 2.75) is 25.7 Å². The van der Waals surface area contributed by atoms with E-state index in [-0.39, 0.29) is 12.5 Å². The van der Waals surface area contributed by atoms with Gasteiger partial charge >= 0.3 is 5.97 Å². The van der Waals surface area contributed by atoms with Crippen molar-refractivity contribution in [3.63, 3.8) is 0 Å². The summed E-state index contributed by atoms with van der Waals surface area (Å²) in [6.07, 6.45) is 4.01. The number of fused-ring (bicyclic) bond motifs is 1. The van der Waals surface area contributed by atoms with Crippen molar-refractivity contribution in [2.75, 3.05) is 6.61 Å². The summed E-state index contributed by atoms with van der Waals surface area (Å²) < 4.78 is 0. The molecule has 2 rings (SSSR count). The average Bonchev–Trinajstić information content (AvgIpc) is 2.34. The van der Waals surface area contributed by atoms with Crippen LogP contribution >= 0.6 is 0 Å². The molecule has 2 fully saturated rings. The molecule has 0 amide bonds. The molecule has 3 heteroatoms. The monoisotopic (exact) mass is 170 g/mol. The van der Waals surface area contributed by atoms with Crippen LogP contribution in [0.15, 0.2) is 0 Å². The van der Waals surface area contributed by atoms with Crippen LogP contribution in [0.1, 0.15) is 25.7 Å². The van der Waals surface area contributed by atoms with Crippen molar-refractivity contribution in [1.29, 1.82) is 0 Å². The van der Waals surface area contributed by atoms with Gasteiger partial charge in [0.1, 0.15) is 0 Å². The zero-order chi connectivity index (χ0) is 8.77. The Morgan fingerprint density at radius 1 is 1.50 bits per heavy atom. The molecule has 2 aliphatic rings. The molecule has 68 valence electrons. The van der Waals surface area contributed by atoms with Crippen LogP contribution in [-0.4, -0.2) is 22.8 Å². The first-order valence-corrected chi connectivity index (χ1v) is 4.55. The van der Waals surface area contributed by atoms with Crippen LogP contribution in [0.25, 0.3) is 0 Å². The minimum atomic E-state index is -0.798. The summed E-state index contributed by atoms with van der Waals surface area (Å²) in [4.78, 5) is 10.9. The predicted octanol–water partition coefficient (Wildman–Crippen LogP) is 0.870. The summed E-state index contributed by atoms with van der Waals surface area (Å²) in [6, 6.07) is 0. The maximum absolute atomic E-state index is 10.9. The predicted molar refractivity (Wildman–Crippen MR) is 42.6 cm³/mol. The van der Waals surface area contributed by atoms with Crippen molar-refractivity contribution in [1.82, 2.24) is 0 Å². The molecule has 0 saturated heterocycles. The Hall–Kier alpha value is -0.570. The third-order valence-electron chi connectivity index (χ3n) is 3.70. The minimum Gasteiger partial charge on any atom is -0.481 e. The van der Waals surface area contributed by atoms with Crippen LogP contribution in [0.4, 0.5) is 0 Å². The first-order chi connectivity index (χ1) is 5.70. The highest BCUT2D eigenvalue weighted by atomic mass is 16.4. The number of carbonyl (C=O) groups is 1. The molecule has 0 bridgehead atoms. The fourth-order valence-electron chi connectivity index (χ4n) is 2.96. The smallest absolute Gasteiger partial charge is 0.312 e. The van der Waals surface area contributed by atoms with Gasteiger partial charge in [0.05, 0.1) is 12.0 Å². The van der Waals surface area contributed by atoms with Gasteiger partial charge in [-0.3, -0.25) is 4.79 Å². The first kappa shape index (κ1) is 8.05. The summed E-state index contributed by atoms with van der Waals surface area (Å²) in [6.45, 7) is -0.177. The van der Waals surface area contributed by atoms with E-state index in [1.165, 1.54) is 6.42 Å². The largest absolute Gasteiger partial charge is 0.481 e. The number of aliphatic carboxylic acids is 1. The zero-order valence-electron chi connectivity index (χ0n) is 6.99. The van der Waals surface area contributed by atoms with E-state index in [2.05, 4.69) is 0 Å². The van der Waals surface area contributed by atoms with Gasteiger partial charge in [0.2, 0.25) is 0 Å². The van der Waals surface area contributed by atoms with E-state index in [9.17, 15) is 4.79 Å². The molecular formula is C9H14O3. The normalized spacial score (nSPS) is 45.1. The molecule has 0 spiro atoms. The SMILES string of the molecule is O=C(O)C1(CO)CC2CCCC21. The summed E-state index contributed by atoms with van der Waals surface area (Å²) in [5.74, 6) is 0.0569. The molecule has 12 heavy (non-hydrogen) atoms. The van der Waals surface area contributed by atoms with Gasteiger partial charge in [-0.15, -0.1) is 0 Å². The second kappa shape index (κ2) is 2.46. The average molecular weight is 170 g/mol. The Labute approximate surface area is 71.4 Å². The van der Waals surface area contributed by atoms with Crippen molar-refractivity contribution in [3.05, 3.63) is 0 Å². The highest BCUT2D eigenvalue weighted by Gasteiger charge is 2.59. The molecule has 0 heterocycles. The van der Waals surface area contributed by atoms with E-state index in [1.54, 1.807) is 0 Å². The van der Waals surface area contributed by atoms with E-state index >= 15 is 0 Å².